The molecule has 0 saturated carbocycles. The SMILES string of the molecule is C[C@H](/C=C\OCc1ccccc1)C(=O)O. The molecule has 0 aliphatic rings. The highest BCUT2D eigenvalue weighted by atomic mass is 16.5. The first kappa shape index (κ1) is 11.3. The molecule has 80 valence electrons. The maximum atomic E-state index is 10.5. The first-order valence-corrected chi connectivity index (χ1v) is 4.75. The van der Waals surface area contributed by atoms with Crippen LogP contribution in [0.25, 0.3) is 0 Å². The average molecular weight is 206 g/mol. The standard InChI is InChI=1S/C12H14O3/c1-10(12(13)14)7-8-15-9-11-5-3-2-4-6-11/h2-8,10H,9H2,1H3,(H,13,14)/b8-7-/t10-/m1/s1. The summed E-state index contributed by atoms with van der Waals surface area (Å²) in [5.74, 6) is -1.37. The highest BCUT2D eigenvalue weighted by molar-refractivity contribution is 5.71. The van der Waals surface area contributed by atoms with Crippen molar-refractivity contribution < 1.29 is 14.6 Å². The Bertz CT molecular complexity index is 330. The molecule has 0 aliphatic carbocycles. The van der Waals surface area contributed by atoms with E-state index < -0.39 is 11.9 Å². The largest absolute Gasteiger partial charge is 0.497 e. The van der Waals surface area contributed by atoms with Crippen LogP contribution in [-0.4, -0.2) is 11.1 Å². The monoisotopic (exact) mass is 206 g/mol. The summed E-state index contributed by atoms with van der Waals surface area (Å²) in [5.41, 5.74) is 1.06. The van der Waals surface area contributed by atoms with Crippen LogP contribution in [0.1, 0.15) is 12.5 Å². The van der Waals surface area contributed by atoms with Crippen molar-refractivity contribution in [1.29, 1.82) is 0 Å². The smallest absolute Gasteiger partial charge is 0.310 e. The normalized spacial score (nSPS) is 12.6. The van der Waals surface area contributed by atoms with E-state index in [9.17, 15) is 4.79 Å². The number of carboxylic acids is 1. The lowest BCUT2D eigenvalue weighted by Crippen LogP contribution is -2.05. The second kappa shape index (κ2) is 5.86. The fourth-order valence-electron chi connectivity index (χ4n) is 0.974. The Morgan fingerprint density at radius 2 is 2.13 bits per heavy atom. The second-order valence-corrected chi connectivity index (χ2v) is 3.25. The van der Waals surface area contributed by atoms with Crippen molar-refractivity contribution >= 4 is 5.97 Å². The molecule has 0 aromatic heterocycles. The minimum atomic E-state index is -0.852. The molecule has 1 aromatic carbocycles. The molecule has 0 spiro atoms. The van der Waals surface area contributed by atoms with Crippen LogP contribution in [0.4, 0.5) is 0 Å². The van der Waals surface area contributed by atoms with Gasteiger partial charge >= 0.3 is 5.97 Å². The fourth-order valence-corrected chi connectivity index (χ4v) is 0.974. The summed E-state index contributed by atoms with van der Waals surface area (Å²) >= 11 is 0. The van der Waals surface area contributed by atoms with Crippen molar-refractivity contribution in [3.8, 4) is 0 Å². The van der Waals surface area contributed by atoms with Crippen LogP contribution in [-0.2, 0) is 16.1 Å². The van der Waals surface area contributed by atoms with Gasteiger partial charge in [-0.15, -0.1) is 0 Å². The van der Waals surface area contributed by atoms with E-state index in [1.807, 2.05) is 30.3 Å². The lowest BCUT2D eigenvalue weighted by Gasteiger charge is -2.01. The number of carboxylic acid groups (broad SMARTS) is 1. The van der Waals surface area contributed by atoms with Crippen molar-refractivity contribution in [3.05, 3.63) is 48.2 Å². The van der Waals surface area contributed by atoms with Crippen molar-refractivity contribution in [3.63, 3.8) is 0 Å². The van der Waals surface area contributed by atoms with Gasteiger partial charge in [0.2, 0.25) is 0 Å². The van der Waals surface area contributed by atoms with E-state index >= 15 is 0 Å². The summed E-state index contributed by atoms with van der Waals surface area (Å²) in [6, 6.07) is 9.71. The quantitative estimate of drug-likeness (QED) is 0.752. The van der Waals surface area contributed by atoms with Crippen molar-refractivity contribution in [1.82, 2.24) is 0 Å². The van der Waals surface area contributed by atoms with E-state index in [2.05, 4.69) is 0 Å². The van der Waals surface area contributed by atoms with Crippen molar-refractivity contribution in [2.75, 3.05) is 0 Å². The molecule has 0 unspecified atom stereocenters. The third-order valence-corrected chi connectivity index (χ3v) is 1.95. The second-order valence-electron chi connectivity index (χ2n) is 3.25. The maximum absolute atomic E-state index is 10.5. The molecular formula is C12H14O3. The van der Waals surface area contributed by atoms with Crippen LogP contribution >= 0.6 is 0 Å². The molecule has 0 radical (unpaired) electrons. The van der Waals surface area contributed by atoms with Crippen LogP contribution in [0, 0.1) is 5.92 Å². The van der Waals surface area contributed by atoms with Crippen LogP contribution in [0.5, 0.6) is 0 Å². The molecule has 0 fully saturated rings. The Hall–Kier alpha value is -1.77. The minimum absolute atomic E-state index is 0.462. The van der Waals surface area contributed by atoms with Crippen LogP contribution in [0.2, 0.25) is 0 Å². The number of benzene rings is 1. The van der Waals surface area contributed by atoms with Gasteiger partial charge in [-0.25, -0.2) is 0 Å². The zero-order valence-electron chi connectivity index (χ0n) is 8.59. The van der Waals surface area contributed by atoms with Gasteiger partial charge in [0.25, 0.3) is 0 Å². The maximum Gasteiger partial charge on any atom is 0.310 e. The number of aliphatic carboxylic acids is 1. The summed E-state index contributed by atoms with van der Waals surface area (Å²) in [4.78, 5) is 10.5. The molecule has 0 aliphatic heterocycles. The Morgan fingerprint density at radius 1 is 1.47 bits per heavy atom. The van der Waals surface area contributed by atoms with Gasteiger partial charge in [-0.05, 0) is 18.6 Å². The molecule has 0 saturated heterocycles. The third-order valence-electron chi connectivity index (χ3n) is 1.95. The minimum Gasteiger partial charge on any atom is -0.497 e. The highest BCUT2D eigenvalue weighted by Gasteiger charge is 2.04. The van der Waals surface area contributed by atoms with Crippen molar-refractivity contribution in [2.45, 2.75) is 13.5 Å². The fraction of sp³-hybridized carbons (Fsp3) is 0.250. The number of hydrogen-bond donors (Lipinski definition) is 1. The van der Waals surface area contributed by atoms with Crippen LogP contribution in [0.3, 0.4) is 0 Å². The van der Waals surface area contributed by atoms with E-state index in [0.717, 1.165) is 5.56 Å². The molecule has 1 rings (SSSR count). The number of carbonyl (C=O) groups is 1. The van der Waals surface area contributed by atoms with Gasteiger partial charge < -0.3 is 9.84 Å². The topological polar surface area (TPSA) is 46.5 Å². The zero-order chi connectivity index (χ0) is 11.1. The van der Waals surface area contributed by atoms with Gasteiger partial charge in [-0.2, -0.15) is 0 Å². The number of rotatable bonds is 5. The van der Waals surface area contributed by atoms with E-state index in [-0.39, 0.29) is 0 Å². The predicted molar refractivity (Wildman–Crippen MR) is 57.2 cm³/mol. The first-order chi connectivity index (χ1) is 7.20. The Kier molecular flexibility index (Phi) is 4.41. The predicted octanol–water partition coefficient (Wildman–Crippen LogP) is 2.44. The molecule has 15 heavy (non-hydrogen) atoms. The molecule has 1 aromatic rings. The van der Waals surface area contributed by atoms with Gasteiger partial charge in [-0.1, -0.05) is 30.3 Å². The van der Waals surface area contributed by atoms with E-state index in [0.29, 0.717) is 6.61 Å². The molecule has 3 heteroatoms. The summed E-state index contributed by atoms with van der Waals surface area (Å²) in [6.45, 7) is 2.06. The van der Waals surface area contributed by atoms with Crippen LogP contribution in [0.15, 0.2) is 42.7 Å². The Balaban J connectivity index is 2.31. The number of ether oxygens (including phenoxy) is 1. The van der Waals surface area contributed by atoms with E-state index in [1.165, 1.54) is 12.3 Å². The van der Waals surface area contributed by atoms with Gasteiger partial charge in [0.15, 0.2) is 0 Å². The summed E-state index contributed by atoms with van der Waals surface area (Å²) in [6.07, 6.45) is 2.96. The summed E-state index contributed by atoms with van der Waals surface area (Å²) in [5, 5.41) is 8.59. The number of hydrogen-bond acceptors (Lipinski definition) is 2. The van der Waals surface area contributed by atoms with E-state index in [1.54, 1.807) is 6.92 Å². The van der Waals surface area contributed by atoms with E-state index in [4.69, 9.17) is 9.84 Å². The average Bonchev–Trinajstić information content (AvgIpc) is 2.25. The molecule has 0 heterocycles. The zero-order valence-corrected chi connectivity index (χ0v) is 8.59. The molecular weight excluding hydrogens is 192 g/mol. The van der Waals surface area contributed by atoms with Gasteiger partial charge in [-0.3, -0.25) is 4.79 Å². The van der Waals surface area contributed by atoms with Crippen LogP contribution < -0.4 is 0 Å². The van der Waals surface area contributed by atoms with Gasteiger partial charge in [0, 0.05) is 0 Å². The summed E-state index contributed by atoms with van der Waals surface area (Å²) < 4.78 is 5.20. The Labute approximate surface area is 89.0 Å². The molecule has 0 amide bonds. The van der Waals surface area contributed by atoms with Gasteiger partial charge in [0.1, 0.15) is 6.61 Å². The lowest BCUT2D eigenvalue weighted by atomic mass is 10.2. The molecule has 3 nitrogen and oxygen atoms in total. The molecule has 1 N–H and O–H groups in total. The first-order valence-electron chi connectivity index (χ1n) is 4.75. The van der Waals surface area contributed by atoms with Gasteiger partial charge in [0.05, 0.1) is 12.2 Å². The summed E-state index contributed by atoms with van der Waals surface area (Å²) in [7, 11) is 0. The lowest BCUT2D eigenvalue weighted by molar-refractivity contribution is -0.139. The third kappa shape index (κ3) is 4.31. The molecule has 0 bridgehead atoms. The highest BCUT2D eigenvalue weighted by Crippen LogP contribution is 2.02. The van der Waals surface area contributed by atoms with Crippen molar-refractivity contribution in [2.24, 2.45) is 5.92 Å². The Morgan fingerprint density at radius 3 is 2.73 bits per heavy atom. The molecule has 1 atom stereocenters.